The molecule has 0 unspecified atom stereocenters. The van der Waals surface area contributed by atoms with Gasteiger partial charge in [-0.15, -0.1) is 0 Å². The van der Waals surface area contributed by atoms with Gasteiger partial charge in [-0.05, 0) is 11.5 Å². The zero-order valence-electron chi connectivity index (χ0n) is 11.4. The summed E-state index contributed by atoms with van der Waals surface area (Å²) in [6.07, 6.45) is -0.762. The second-order valence-corrected chi connectivity index (χ2v) is 4.25. The Kier molecular flexibility index (Phi) is 9.29. The van der Waals surface area contributed by atoms with Gasteiger partial charge in [-0.3, -0.25) is 0 Å². The van der Waals surface area contributed by atoms with E-state index in [9.17, 15) is 14.7 Å². The predicted octanol–water partition coefficient (Wildman–Crippen LogP) is -2.31. The van der Waals surface area contributed by atoms with Crippen LogP contribution in [0.4, 0.5) is 4.79 Å². The SMILES string of the molecule is CC(C)[C@H](NC(=O)OCc1ccccc1)C(=O)[O-].[K+]. The van der Waals surface area contributed by atoms with Gasteiger partial charge in [-0.2, -0.15) is 0 Å². The molecule has 0 fully saturated rings. The number of carboxylic acids is 1. The second kappa shape index (κ2) is 9.49. The molecule has 98 valence electrons. The topological polar surface area (TPSA) is 78.5 Å². The van der Waals surface area contributed by atoms with E-state index in [-0.39, 0.29) is 63.9 Å². The standard InChI is InChI=1S/C13H17NO4.K/c1-9(2)11(12(15)16)14-13(17)18-8-10-6-4-3-5-7-10;/h3-7,9,11H,8H2,1-2H3,(H,14,17)(H,15,16);/q;+1/p-1/t11-;/m0./s1. The van der Waals surface area contributed by atoms with Crippen molar-refractivity contribution >= 4 is 12.1 Å². The Labute approximate surface area is 155 Å². The van der Waals surface area contributed by atoms with E-state index in [4.69, 9.17) is 4.74 Å². The average Bonchev–Trinajstić information content (AvgIpc) is 2.34. The Morgan fingerprint density at radius 2 is 1.84 bits per heavy atom. The maximum Gasteiger partial charge on any atom is 1.00 e. The van der Waals surface area contributed by atoms with Crippen LogP contribution in [0.1, 0.15) is 19.4 Å². The first-order chi connectivity index (χ1) is 8.50. The van der Waals surface area contributed by atoms with Gasteiger partial charge in [0.2, 0.25) is 0 Å². The van der Waals surface area contributed by atoms with E-state index in [0.29, 0.717) is 0 Å². The van der Waals surface area contributed by atoms with Gasteiger partial charge in [0.1, 0.15) is 6.61 Å². The minimum absolute atomic E-state index is 0. The predicted molar refractivity (Wildman–Crippen MR) is 63.4 cm³/mol. The normalized spacial score (nSPS) is 11.3. The van der Waals surface area contributed by atoms with E-state index in [0.717, 1.165) is 5.56 Å². The molecule has 1 amide bonds. The first-order valence-corrected chi connectivity index (χ1v) is 5.68. The molecule has 0 saturated heterocycles. The van der Waals surface area contributed by atoms with Crippen molar-refractivity contribution in [3.05, 3.63) is 35.9 Å². The zero-order valence-corrected chi connectivity index (χ0v) is 14.5. The maximum atomic E-state index is 11.4. The molecule has 0 heterocycles. The van der Waals surface area contributed by atoms with Gasteiger partial charge in [0, 0.05) is 0 Å². The minimum Gasteiger partial charge on any atom is -0.548 e. The summed E-state index contributed by atoms with van der Waals surface area (Å²) in [6.45, 7) is 3.46. The largest absolute Gasteiger partial charge is 1.00 e. The number of ether oxygens (including phenoxy) is 1. The summed E-state index contributed by atoms with van der Waals surface area (Å²) in [7, 11) is 0. The molecule has 0 aliphatic heterocycles. The summed E-state index contributed by atoms with van der Waals surface area (Å²) in [5, 5.41) is 13.0. The molecule has 1 rings (SSSR count). The molecule has 0 radical (unpaired) electrons. The Morgan fingerprint density at radius 1 is 1.26 bits per heavy atom. The maximum absolute atomic E-state index is 11.4. The second-order valence-electron chi connectivity index (χ2n) is 4.25. The molecule has 1 N–H and O–H groups in total. The quantitative estimate of drug-likeness (QED) is 0.618. The third-order valence-electron chi connectivity index (χ3n) is 2.41. The van der Waals surface area contributed by atoms with Crippen LogP contribution in [0, 0.1) is 5.92 Å². The molecule has 0 saturated carbocycles. The smallest absolute Gasteiger partial charge is 0.548 e. The molecule has 1 aromatic carbocycles. The van der Waals surface area contributed by atoms with Crippen molar-refractivity contribution < 1.29 is 70.8 Å². The minimum atomic E-state index is -1.32. The van der Waals surface area contributed by atoms with Crippen LogP contribution < -0.4 is 61.8 Å². The number of benzene rings is 1. The van der Waals surface area contributed by atoms with Crippen LogP contribution in [0.25, 0.3) is 0 Å². The molecule has 1 atom stereocenters. The number of carbonyl (C=O) groups is 2. The van der Waals surface area contributed by atoms with Crippen molar-refractivity contribution in [3.8, 4) is 0 Å². The summed E-state index contributed by atoms with van der Waals surface area (Å²) in [6, 6.07) is 8.09. The van der Waals surface area contributed by atoms with Crippen molar-refractivity contribution in [2.75, 3.05) is 0 Å². The fourth-order valence-electron chi connectivity index (χ4n) is 1.39. The van der Waals surface area contributed by atoms with Crippen LogP contribution in [0.2, 0.25) is 0 Å². The third kappa shape index (κ3) is 7.08. The van der Waals surface area contributed by atoms with Gasteiger partial charge in [0.05, 0.1) is 12.0 Å². The Bertz CT molecular complexity index is 408. The van der Waals surface area contributed by atoms with Crippen LogP contribution >= 0.6 is 0 Å². The summed E-state index contributed by atoms with van der Waals surface area (Å²) >= 11 is 0. The molecule has 0 aliphatic rings. The van der Waals surface area contributed by atoms with Gasteiger partial charge in [-0.25, -0.2) is 4.79 Å². The van der Waals surface area contributed by atoms with Crippen LogP contribution in [0.15, 0.2) is 30.3 Å². The zero-order chi connectivity index (χ0) is 13.5. The number of hydrogen-bond acceptors (Lipinski definition) is 4. The summed E-state index contributed by atoms with van der Waals surface area (Å²) in [4.78, 5) is 22.2. The number of hydrogen-bond donors (Lipinski definition) is 1. The third-order valence-corrected chi connectivity index (χ3v) is 2.41. The van der Waals surface area contributed by atoms with Gasteiger partial charge >= 0.3 is 57.5 Å². The van der Waals surface area contributed by atoms with Crippen LogP contribution in [0.5, 0.6) is 0 Å². The van der Waals surface area contributed by atoms with E-state index < -0.39 is 18.1 Å². The van der Waals surface area contributed by atoms with E-state index in [1.54, 1.807) is 13.8 Å². The molecule has 0 aliphatic carbocycles. The number of rotatable bonds is 5. The molecule has 1 aromatic rings. The monoisotopic (exact) mass is 289 g/mol. The molecule has 0 spiro atoms. The number of carbonyl (C=O) groups excluding carboxylic acids is 2. The Morgan fingerprint density at radius 3 is 2.32 bits per heavy atom. The van der Waals surface area contributed by atoms with Crippen LogP contribution in [0.3, 0.4) is 0 Å². The van der Waals surface area contributed by atoms with Crippen molar-refractivity contribution in [2.24, 2.45) is 5.92 Å². The molecular weight excluding hydrogens is 273 g/mol. The van der Waals surface area contributed by atoms with Crippen molar-refractivity contribution in [1.29, 1.82) is 0 Å². The molecule has 0 bridgehead atoms. The number of alkyl carbamates (subject to hydrolysis) is 1. The Balaban J connectivity index is 0.00000324. The van der Waals surface area contributed by atoms with Gasteiger partial charge < -0.3 is 20.0 Å². The van der Waals surface area contributed by atoms with Gasteiger partial charge in [0.25, 0.3) is 0 Å². The molecule has 19 heavy (non-hydrogen) atoms. The number of aliphatic carboxylic acids is 1. The van der Waals surface area contributed by atoms with Gasteiger partial charge in [0.15, 0.2) is 0 Å². The van der Waals surface area contributed by atoms with Crippen LogP contribution in [-0.2, 0) is 16.1 Å². The molecule has 6 heteroatoms. The summed E-state index contributed by atoms with van der Waals surface area (Å²) in [5.41, 5.74) is 0.835. The van der Waals surface area contributed by atoms with E-state index in [2.05, 4.69) is 5.32 Å². The molecule has 5 nitrogen and oxygen atoms in total. The fraction of sp³-hybridized carbons (Fsp3) is 0.385. The first-order valence-electron chi connectivity index (χ1n) is 5.68. The number of carboxylic acid groups (broad SMARTS) is 1. The van der Waals surface area contributed by atoms with Crippen LogP contribution in [-0.4, -0.2) is 18.1 Å². The van der Waals surface area contributed by atoms with E-state index in [1.807, 2.05) is 30.3 Å². The fourth-order valence-corrected chi connectivity index (χ4v) is 1.39. The van der Waals surface area contributed by atoms with Crippen molar-refractivity contribution in [3.63, 3.8) is 0 Å². The summed E-state index contributed by atoms with van der Waals surface area (Å²) < 4.78 is 4.92. The van der Waals surface area contributed by atoms with Gasteiger partial charge in [-0.1, -0.05) is 44.2 Å². The Hall–Kier alpha value is -0.404. The molecule has 0 aromatic heterocycles. The molecular formula is C13H16KNO4. The summed E-state index contributed by atoms with van der Waals surface area (Å²) in [5.74, 6) is -1.58. The van der Waals surface area contributed by atoms with Crippen molar-refractivity contribution in [1.82, 2.24) is 5.32 Å². The first kappa shape index (κ1) is 18.6. The van der Waals surface area contributed by atoms with Crippen molar-refractivity contribution in [2.45, 2.75) is 26.5 Å². The van der Waals surface area contributed by atoms with E-state index in [1.165, 1.54) is 0 Å². The number of amides is 1. The van der Waals surface area contributed by atoms with E-state index >= 15 is 0 Å². The average molecular weight is 289 g/mol. The number of nitrogens with one attached hydrogen (secondary N) is 1.